The van der Waals surface area contributed by atoms with E-state index in [2.05, 4.69) is 4.74 Å². The molecule has 1 aromatic heterocycles. The summed E-state index contributed by atoms with van der Waals surface area (Å²) < 4.78 is 27.6. The highest BCUT2D eigenvalue weighted by atomic mass is 35.5. The molecule has 9 nitrogen and oxygen atoms in total. The first-order valence-electron chi connectivity index (χ1n) is 12.2. The van der Waals surface area contributed by atoms with Crippen molar-refractivity contribution >= 4 is 40.4 Å². The summed E-state index contributed by atoms with van der Waals surface area (Å²) in [4.78, 5) is 40.5. The highest BCUT2D eigenvalue weighted by Gasteiger charge is 2.44. The maximum Gasteiger partial charge on any atom is 0.511 e. The van der Waals surface area contributed by atoms with Crippen molar-refractivity contribution < 1.29 is 28.6 Å². The van der Waals surface area contributed by atoms with Gasteiger partial charge in [-0.1, -0.05) is 11.6 Å². The number of hydrogen-bond acceptors (Lipinski definition) is 6. The van der Waals surface area contributed by atoms with Crippen LogP contribution in [0.2, 0.25) is 5.02 Å². The molecule has 0 unspecified atom stereocenters. The normalized spacial score (nSPS) is 22.0. The molecule has 1 N–H and O–H groups in total. The summed E-state index contributed by atoms with van der Waals surface area (Å²) >= 11 is 6.81. The molecule has 2 atom stereocenters. The zero-order valence-electron chi connectivity index (χ0n) is 20.4. The predicted octanol–water partition coefficient (Wildman–Crippen LogP) is 5.02. The van der Waals surface area contributed by atoms with Crippen LogP contribution in [0.3, 0.4) is 0 Å². The largest absolute Gasteiger partial charge is 0.511 e. The van der Waals surface area contributed by atoms with E-state index in [9.17, 15) is 14.4 Å². The lowest BCUT2D eigenvalue weighted by Gasteiger charge is -2.37. The van der Waals surface area contributed by atoms with Gasteiger partial charge in [0.2, 0.25) is 5.43 Å². The molecule has 194 valence electrons. The highest BCUT2D eigenvalue weighted by Crippen LogP contribution is 2.44. The van der Waals surface area contributed by atoms with Gasteiger partial charge in [0.1, 0.15) is 11.4 Å². The first-order valence-corrected chi connectivity index (χ1v) is 12.5. The van der Waals surface area contributed by atoms with Crippen LogP contribution in [-0.4, -0.2) is 58.1 Å². The van der Waals surface area contributed by atoms with E-state index in [0.29, 0.717) is 25.2 Å². The lowest BCUT2D eigenvalue weighted by Crippen LogP contribution is -2.50. The van der Waals surface area contributed by atoms with Crippen molar-refractivity contribution in [3.63, 3.8) is 0 Å². The average Bonchev–Trinajstić information content (AvgIpc) is 3.52. The van der Waals surface area contributed by atoms with Crippen molar-refractivity contribution in [3.8, 4) is 5.75 Å². The van der Waals surface area contributed by atoms with Crippen LogP contribution in [0.1, 0.15) is 52.5 Å². The number of carbonyl (C=O) groups excluding carboxylic acids is 1. The Morgan fingerprint density at radius 2 is 1.92 bits per heavy atom. The molecule has 11 heteroatoms. The Balaban J connectivity index is 1.54. The zero-order chi connectivity index (χ0) is 25.9. The first-order chi connectivity index (χ1) is 16.9. The second-order valence-electron chi connectivity index (χ2n) is 10.8. The van der Waals surface area contributed by atoms with Gasteiger partial charge in [-0.3, -0.25) is 4.79 Å². The number of piperidine rings is 1. The molecule has 0 bridgehead atoms. The minimum absolute atomic E-state index is 0.0175. The number of nitrogens with zero attached hydrogens (tertiary/aromatic N) is 3. The lowest BCUT2D eigenvalue weighted by molar-refractivity contribution is 0.00669. The average molecular weight is 522 g/mol. The lowest BCUT2D eigenvalue weighted by atomic mass is 9.92. The number of amides is 1. The smallest absolute Gasteiger partial charge is 0.449 e. The van der Waals surface area contributed by atoms with E-state index in [4.69, 9.17) is 21.4 Å². The first kappa shape index (κ1) is 24.7. The van der Waals surface area contributed by atoms with Crippen LogP contribution in [0.4, 0.5) is 19.7 Å². The number of rotatable bonds is 3. The number of likely N-dealkylation sites (tertiary alicyclic amines) is 1. The third-order valence-corrected chi connectivity index (χ3v) is 7.37. The van der Waals surface area contributed by atoms with Gasteiger partial charge in [0.05, 0.1) is 33.9 Å². The quantitative estimate of drug-likeness (QED) is 0.566. The van der Waals surface area contributed by atoms with Gasteiger partial charge in [-0.2, -0.15) is 0 Å². The fourth-order valence-corrected chi connectivity index (χ4v) is 5.82. The Bertz CT molecular complexity index is 1300. The molecule has 2 aromatic rings. The van der Waals surface area contributed by atoms with Gasteiger partial charge in [-0.15, -0.1) is 0 Å². The van der Waals surface area contributed by atoms with Crippen LogP contribution >= 0.6 is 11.6 Å². The summed E-state index contributed by atoms with van der Waals surface area (Å²) in [6.07, 6.45) is 2.73. The minimum atomic E-state index is -1.62. The third kappa shape index (κ3) is 4.47. The number of fused-ring (bicyclic) bond motifs is 2. The summed E-state index contributed by atoms with van der Waals surface area (Å²) in [5.74, 6) is -0.929. The van der Waals surface area contributed by atoms with Gasteiger partial charge in [0, 0.05) is 25.7 Å². The van der Waals surface area contributed by atoms with Gasteiger partial charge < -0.3 is 28.9 Å². The van der Waals surface area contributed by atoms with Crippen LogP contribution in [0, 0.1) is 11.7 Å². The van der Waals surface area contributed by atoms with E-state index in [1.165, 1.54) is 6.20 Å². The summed E-state index contributed by atoms with van der Waals surface area (Å²) in [5.41, 5.74) is -0.811. The molecule has 0 spiro atoms. The predicted molar refractivity (Wildman–Crippen MR) is 132 cm³/mol. The standard InChI is InChI=1S/C25H29ClFN3O6/c1-25(2,3)36-23(32)29-8-4-5-13-10-28(11-17(13)29)21-16(27)9-15-20(19(21)26)30(14-6-7-14)12-18(22(15)31)35-24(33)34/h9,12-14,17H,4-8,10-11H2,1-3H3,(H,33,34)/t13-,17+/m0/s1. The van der Waals surface area contributed by atoms with Crippen LogP contribution in [-0.2, 0) is 4.74 Å². The maximum absolute atomic E-state index is 15.6. The number of benzene rings is 1. The number of carboxylic acid groups (broad SMARTS) is 1. The molecule has 1 amide bonds. The highest BCUT2D eigenvalue weighted by molar-refractivity contribution is 6.38. The molecule has 5 rings (SSSR count). The van der Waals surface area contributed by atoms with E-state index >= 15 is 4.39 Å². The second-order valence-corrected chi connectivity index (χ2v) is 11.2. The van der Waals surface area contributed by atoms with Gasteiger partial charge in [0.15, 0.2) is 5.75 Å². The number of halogens is 2. The fourth-order valence-electron chi connectivity index (χ4n) is 5.41. The second kappa shape index (κ2) is 8.83. The van der Waals surface area contributed by atoms with Gasteiger partial charge in [0.25, 0.3) is 0 Å². The molecule has 36 heavy (non-hydrogen) atoms. The number of hydrogen-bond donors (Lipinski definition) is 1. The molecular weight excluding hydrogens is 493 g/mol. The van der Waals surface area contributed by atoms with E-state index in [-0.39, 0.29) is 45.9 Å². The number of ether oxygens (including phenoxy) is 2. The Morgan fingerprint density at radius 1 is 1.19 bits per heavy atom. The topological polar surface area (TPSA) is 101 Å². The van der Waals surface area contributed by atoms with Crippen LogP contribution in [0.15, 0.2) is 17.1 Å². The molecule has 1 aliphatic carbocycles. The molecule has 3 fully saturated rings. The minimum Gasteiger partial charge on any atom is -0.449 e. The monoisotopic (exact) mass is 521 g/mol. The number of pyridine rings is 1. The Kier molecular flexibility index (Phi) is 6.05. The molecule has 0 radical (unpaired) electrons. The molecule has 1 aromatic carbocycles. The van der Waals surface area contributed by atoms with Crippen molar-refractivity contribution in [3.05, 3.63) is 33.3 Å². The third-order valence-electron chi connectivity index (χ3n) is 7.01. The Hall–Kier alpha value is -3.01. The van der Waals surface area contributed by atoms with Crippen molar-refractivity contribution in [1.29, 1.82) is 0 Å². The summed E-state index contributed by atoms with van der Waals surface area (Å²) in [6, 6.07) is 0.987. The number of aromatic nitrogens is 1. The van der Waals surface area contributed by atoms with E-state index < -0.39 is 23.0 Å². The van der Waals surface area contributed by atoms with Gasteiger partial charge in [-0.25, -0.2) is 14.0 Å². The fraction of sp³-hybridized carbons (Fsp3) is 0.560. The zero-order valence-corrected chi connectivity index (χ0v) is 21.2. The molecule has 3 heterocycles. The Labute approximate surface area is 212 Å². The van der Waals surface area contributed by atoms with Crippen molar-refractivity contribution in [2.24, 2.45) is 5.92 Å². The van der Waals surface area contributed by atoms with E-state index in [1.807, 2.05) is 25.7 Å². The van der Waals surface area contributed by atoms with Crippen molar-refractivity contribution in [2.75, 3.05) is 24.5 Å². The molecule has 2 aliphatic heterocycles. The molecule has 2 saturated heterocycles. The van der Waals surface area contributed by atoms with Crippen LogP contribution in [0.5, 0.6) is 5.75 Å². The maximum atomic E-state index is 15.6. The van der Waals surface area contributed by atoms with Crippen molar-refractivity contribution in [2.45, 2.75) is 64.1 Å². The number of carbonyl (C=O) groups is 2. The number of anilines is 1. The molecule has 1 saturated carbocycles. The van der Waals surface area contributed by atoms with Crippen molar-refractivity contribution in [1.82, 2.24) is 9.47 Å². The summed E-state index contributed by atoms with van der Waals surface area (Å²) in [5, 5.41) is 9.08. The summed E-state index contributed by atoms with van der Waals surface area (Å²) in [7, 11) is 0. The SMILES string of the molecule is CC(C)(C)OC(=O)N1CCC[C@H]2CN(c3c(F)cc4c(=O)c(OC(=O)O)cn(C5CC5)c4c3Cl)C[C@H]21. The summed E-state index contributed by atoms with van der Waals surface area (Å²) in [6.45, 7) is 6.95. The van der Waals surface area contributed by atoms with Crippen LogP contribution < -0.4 is 15.1 Å². The Morgan fingerprint density at radius 3 is 2.56 bits per heavy atom. The van der Waals surface area contributed by atoms with Gasteiger partial charge >= 0.3 is 12.2 Å². The van der Waals surface area contributed by atoms with E-state index in [1.54, 1.807) is 9.47 Å². The van der Waals surface area contributed by atoms with E-state index in [0.717, 1.165) is 31.7 Å². The molecular formula is C25H29ClFN3O6. The van der Waals surface area contributed by atoms with Crippen LogP contribution in [0.25, 0.3) is 10.9 Å². The van der Waals surface area contributed by atoms with Gasteiger partial charge in [-0.05, 0) is 58.4 Å². The molecule has 3 aliphatic rings.